The average molecular weight is 371 g/mol. The fourth-order valence-corrected chi connectivity index (χ4v) is 5.80. The van der Waals surface area contributed by atoms with Crippen LogP contribution in [0.4, 0.5) is 0 Å². The van der Waals surface area contributed by atoms with E-state index in [1.807, 2.05) is 0 Å². The van der Waals surface area contributed by atoms with E-state index in [4.69, 9.17) is 0 Å². The van der Waals surface area contributed by atoms with Crippen LogP contribution in [0.5, 0.6) is 0 Å². The molecule has 3 fully saturated rings. The van der Waals surface area contributed by atoms with Gasteiger partial charge >= 0.3 is 5.97 Å². The lowest BCUT2D eigenvalue weighted by atomic mass is 9.62. The summed E-state index contributed by atoms with van der Waals surface area (Å²) >= 11 is 0. The minimum Gasteiger partial charge on any atom is -0.481 e. The lowest BCUT2D eigenvalue weighted by Crippen LogP contribution is -2.41. The average Bonchev–Trinajstić information content (AvgIpc) is 2.76. The molecule has 150 valence electrons. The Kier molecular flexibility index (Phi) is 7.79. The van der Waals surface area contributed by atoms with Crippen LogP contribution in [0.1, 0.15) is 108 Å². The van der Waals surface area contributed by atoms with Gasteiger partial charge in [0.1, 0.15) is 0 Å². The van der Waals surface area contributed by atoms with E-state index in [2.05, 4.69) is 30.3 Å². The number of hydrogen-bond donors (Lipinski definition) is 1. The van der Waals surface area contributed by atoms with Crippen LogP contribution in [-0.4, -0.2) is 11.1 Å². The Morgan fingerprint density at radius 2 is 1.26 bits per heavy atom. The van der Waals surface area contributed by atoms with Crippen molar-refractivity contribution in [2.24, 2.45) is 11.3 Å². The maximum absolute atomic E-state index is 11.6. The highest BCUT2D eigenvalue weighted by molar-refractivity contribution is 5.75. The van der Waals surface area contributed by atoms with E-state index < -0.39 is 5.97 Å². The molecule has 27 heavy (non-hydrogen) atoms. The molecule has 1 N–H and O–H groups in total. The number of rotatable bonds is 3. The fourth-order valence-electron chi connectivity index (χ4n) is 5.80. The molecule has 0 heterocycles. The van der Waals surface area contributed by atoms with E-state index in [0.717, 1.165) is 44.4 Å². The van der Waals surface area contributed by atoms with Crippen LogP contribution in [0.15, 0.2) is 30.3 Å². The first-order valence-corrected chi connectivity index (χ1v) is 11.5. The summed E-state index contributed by atoms with van der Waals surface area (Å²) in [5.74, 6) is 0.832. The molecule has 0 bridgehead atoms. The Labute approximate surface area is 165 Å². The molecule has 0 unspecified atom stereocenters. The van der Waals surface area contributed by atoms with Gasteiger partial charge in [0.25, 0.3) is 0 Å². The predicted octanol–water partition coefficient (Wildman–Crippen LogP) is 7.34. The van der Waals surface area contributed by atoms with Crippen LogP contribution >= 0.6 is 0 Å². The molecular weight excluding hydrogens is 332 g/mol. The van der Waals surface area contributed by atoms with Gasteiger partial charge in [-0.3, -0.25) is 4.79 Å². The van der Waals surface area contributed by atoms with Crippen molar-refractivity contribution in [1.82, 2.24) is 0 Å². The highest BCUT2D eigenvalue weighted by Crippen LogP contribution is 2.48. The quantitative estimate of drug-likeness (QED) is 0.604. The van der Waals surface area contributed by atoms with Gasteiger partial charge in [-0.15, -0.1) is 0 Å². The summed E-state index contributed by atoms with van der Waals surface area (Å²) in [6, 6.07) is 11.0. The lowest BCUT2D eigenvalue weighted by Gasteiger charge is -2.42. The molecule has 4 rings (SSSR count). The number of hydrogen-bond acceptors (Lipinski definition) is 1. The largest absolute Gasteiger partial charge is 0.481 e. The molecule has 0 aliphatic heterocycles. The molecule has 3 aliphatic carbocycles. The van der Waals surface area contributed by atoms with Crippen LogP contribution in [0.25, 0.3) is 0 Å². The van der Waals surface area contributed by atoms with Gasteiger partial charge in [0, 0.05) is 0 Å². The van der Waals surface area contributed by atoms with E-state index in [0.29, 0.717) is 5.92 Å². The Morgan fingerprint density at radius 3 is 1.81 bits per heavy atom. The molecule has 1 aromatic carbocycles. The zero-order valence-electron chi connectivity index (χ0n) is 17.0. The fraction of sp³-hybridized carbons (Fsp3) is 0.720. The normalized spacial score (nSPS) is 23.9. The zero-order valence-corrected chi connectivity index (χ0v) is 17.0. The summed E-state index contributed by atoms with van der Waals surface area (Å²) in [5, 5.41) is 9.54. The van der Waals surface area contributed by atoms with E-state index >= 15 is 0 Å². The van der Waals surface area contributed by atoms with Gasteiger partial charge in [-0.25, -0.2) is 0 Å². The summed E-state index contributed by atoms with van der Waals surface area (Å²) in [7, 11) is 0. The van der Waals surface area contributed by atoms with E-state index in [1.54, 1.807) is 5.56 Å². The molecule has 0 aromatic heterocycles. The first kappa shape index (κ1) is 20.4. The predicted molar refractivity (Wildman–Crippen MR) is 112 cm³/mol. The van der Waals surface area contributed by atoms with Crippen LogP contribution < -0.4 is 0 Å². The van der Waals surface area contributed by atoms with E-state index in [9.17, 15) is 9.90 Å². The Bertz CT molecular complexity index is 547. The van der Waals surface area contributed by atoms with Gasteiger partial charge in [0.05, 0.1) is 5.41 Å². The van der Waals surface area contributed by atoms with Crippen molar-refractivity contribution in [3.63, 3.8) is 0 Å². The molecule has 3 saturated carbocycles. The van der Waals surface area contributed by atoms with Gasteiger partial charge in [0.15, 0.2) is 0 Å². The second kappa shape index (κ2) is 10.3. The minimum absolute atomic E-state index is 0.335. The molecular formula is C25H38O2. The summed E-state index contributed by atoms with van der Waals surface area (Å²) in [4.78, 5) is 11.6. The Morgan fingerprint density at radius 1 is 0.741 bits per heavy atom. The SMILES string of the molecule is O=C(O)C1(C2CCCCC2)CCCCC1.c1ccc(C2CCCCC2)cc1. The van der Waals surface area contributed by atoms with Crippen LogP contribution in [-0.2, 0) is 4.79 Å². The molecule has 3 aliphatic rings. The third kappa shape index (κ3) is 5.36. The van der Waals surface area contributed by atoms with Crippen molar-refractivity contribution in [2.75, 3.05) is 0 Å². The summed E-state index contributed by atoms with van der Waals surface area (Å²) in [6.45, 7) is 0. The summed E-state index contributed by atoms with van der Waals surface area (Å²) < 4.78 is 0. The number of aliphatic carboxylic acids is 1. The topological polar surface area (TPSA) is 37.3 Å². The third-order valence-corrected chi connectivity index (χ3v) is 7.43. The molecule has 0 amide bonds. The lowest BCUT2D eigenvalue weighted by molar-refractivity contribution is -0.156. The molecule has 0 atom stereocenters. The Balaban J connectivity index is 0.000000159. The maximum Gasteiger partial charge on any atom is 0.309 e. The second-order valence-electron chi connectivity index (χ2n) is 9.10. The van der Waals surface area contributed by atoms with Crippen molar-refractivity contribution < 1.29 is 9.90 Å². The zero-order chi connectivity index (χ0) is 19.0. The first-order chi connectivity index (χ1) is 13.2. The van der Waals surface area contributed by atoms with Gasteiger partial charge in [0.2, 0.25) is 0 Å². The number of carboxylic acids is 1. The number of carboxylic acid groups (broad SMARTS) is 1. The minimum atomic E-state index is -0.505. The molecule has 0 radical (unpaired) electrons. The van der Waals surface area contributed by atoms with Gasteiger partial charge in [-0.1, -0.05) is 88.1 Å². The maximum atomic E-state index is 11.6. The summed E-state index contributed by atoms with van der Waals surface area (Å²) in [5.41, 5.74) is 1.22. The molecule has 0 spiro atoms. The monoisotopic (exact) mass is 370 g/mol. The Hall–Kier alpha value is -1.31. The molecule has 0 saturated heterocycles. The van der Waals surface area contributed by atoms with Crippen molar-refractivity contribution in [3.05, 3.63) is 35.9 Å². The molecule has 2 heteroatoms. The van der Waals surface area contributed by atoms with E-state index in [-0.39, 0.29) is 5.41 Å². The first-order valence-electron chi connectivity index (χ1n) is 11.5. The molecule has 2 nitrogen and oxygen atoms in total. The molecule has 1 aromatic rings. The van der Waals surface area contributed by atoms with Crippen LogP contribution in [0.3, 0.4) is 0 Å². The van der Waals surface area contributed by atoms with Crippen molar-refractivity contribution >= 4 is 5.97 Å². The van der Waals surface area contributed by atoms with Gasteiger partial charge in [-0.05, 0) is 55.9 Å². The van der Waals surface area contributed by atoms with Crippen molar-refractivity contribution in [1.29, 1.82) is 0 Å². The standard InChI is InChI=1S/C13H22O2.C12H16/c14-12(15)13(9-5-2-6-10-13)11-7-3-1-4-8-11;1-3-7-11(8-4-1)12-9-5-2-6-10-12/h11H,1-10H2,(H,14,15);1,3-4,7-8,12H,2,5-6,9-10H2. The van der Waals surface area contributed by atoms with Crippen molar-refractivity contribution in [3.8, 4) is 0 Å². The van der Waals surface area contributed by atoms with Gasteiger partial charge in [-0.2, -0.15) is 0 Å². The second-order valence-corrected chi connectivity index (χ2v) is 9.10. The highest BCUT2D eigenvalue weighted by atomic mass is 16.4. The van der Waals surface area contributed by atoms with Crippen LogP contribution in [0.2, 0.25) is 0 Å². The van der Waals surface area contributed by atoms with Gasteiger partial charge < -0.3 is 5.11 Å². The highest BCUT2D eigenvalue weighted by Gasteiger charge is 2.46. The number of carbonyl (C=O) groups is 1. The smallest absolute Gasteiger partial charge is 0.309 e. The van der Waals surface area contributed by atoms with Crippen molar-refractivity contribution in [2.45, 2.75) is 102 Å². The summed E-state index contributed by atoms with van der Waals surface area (Å²) in [6.07, 6.45) is 18.6. The van der Waals surface area contributed by atoms with E-state index in [1.165, 1.54) is 57.8 Å². The number of benzene rings is 1. The van der Waals surface area contributed by atoms with Crippen LogP contribution in [0, 0.1) is 11.3 Å². The third-order valence-electron chi connectivity index (χ3n) is 7.43.